The van der Waals surface area contributed by atoms with E-state index < -0.39 is 35.6 Å². The highest BCUT2D eigenvalue weighted by Crippen LogP contribution is 2.06. The standard InChI is InChI=1S/C14H14N2O9/c1-7-9(25-14(21)24-7)6-23-12(19)3-2-11(18)22-5-8-13(20)15-4-10(17)16-8/h2-3,8H,4-6H2,1H3,(H,15,20)(H,16,17)/b3-2+/t8-/m0/s1. The third-order valence-electron chi connectivity index (χ3n) is 3.00. The second-order valence-corrected chi connectivity index (χ2v) is 4.84. The van der Waals surface area contributed by atoms with Crippen molar-refractivity contribution in [2.24, 2.45) is 0 Å². The lowest BCUT2D eigenvalue weighted by Crippen LogP contribution is -2.58. The quantitative estimate of drug-likeness (QED) is 0.449. The van der Waals surface area contributed by atoms with Crippen LogP contribution in [0.4, 0.5) is 0 Å². The number of hydrogen-bond donors (Lipinski definition) is 2. The Balaban J connectivity index is 1.74. The van der Waals surface area contributed by atoms with Gasteiger partial charge in [0.1, 0.15) is 12.6 Å². The molecule has 2 N–H and O–H groups in total. The summed E-state index contributed by atoms with van der Waals surface area (Å²) in [6.45, 7) is 0.603. The number of amides is 2. The first-order chi connectivity index (χ1) is 11.8. The summed E-state index contributed by atoms with van der Waals surface area (Å²) < 4.78 is 18.7. The van der Waals surface area contributed by atoms with Crippen LogP contribution in [-0.2, 0) is 35.3 Å². The van der Waals surface area contributed by atoms with E-state index in [1.54, 1.807) is 0 Å². The predicted molar refractivity (Wildman–Crippen MR) is 76.8 cm³/mol. The zero-order valence-electron chi connectivity index (χ0n) is 13.0. The number of aryl methyl sites for hydroxylation is 1. The minimum Gasteiger partial charge on any atom is -0.460 e. The fourth-order valence-electron chi connectivity index (χ4n) is 1.76. The number of rotatable bonds is 6. The van der Waals surface area contributed by atoms with Gasteiger partial charge in [-0.1, -0.05) is 0 Å². The molecule has 0 bridgehead atoms. The average molecular weight is 354 g/mol. The molecule has 0 radical (unpaired) electrons. The lowest BCUT2D eigenvalue weighted by atomic mass is 10.2. The summed E-state index contributed by atoms with van der Waals surface area (Å²) >= 11 is 0. The van der Waals surface area contributed by atoms with Gasteiger partial charge in [-0.3, -0.25) is 9.59 Å². The van der Waals surface area contributed by atoms with E-state index in [4.69, 9.17) is 9.47 Å². The Kier molecular flexibility index (Phi) is 5.71. The summed E-state index contributed by atoms with van der Waals surface area (Å²) in [5.41, 5.74) is 0. The third-order valence-corrected chi connectivity index (χ3v) is 3.00. The van der Waals surface area contributed by atoms with Crippen molar-refractivity contribution < 1.29 is 37.5 Å². The van der Waals surface area contributed by atoms with Crippen molar-refractivity contribution in [3.63, 3.8) is 0 Å². The second-order valence-electron chi connectivity index (χ2n) is 4.84. The molecule has 11 nitrogen and oxygen atoms in total. The van der Waals surface area contributed by atoms with Gasteiger partial charge in [-0.25, -0.2) is 14.4 Å². The molecule has 2 amide bonds. The van der Waals surface area contributed by atoms with Crippen molar-refractivity contribution in [1.29, 1.82) is 0 Å². The highest BCUT2D eigenvalue weighted by molar-refractivity contribution is 5.95. The zero-order valence-corrected chi connectivity index (χ0v) is 13.0. The Morgan fingerprint density at radius 1 is 1.16 bits per heavy atom. The molecule has 0 spiro atoms. The van der Waals surface area contributed by atoms with Crippen molar-refractivity contribution in [1.82, 2.24) is 10.6 Å². The van der Waals surface area contributed by atoms with Gasteiger partial charge in [0.15, 0.2) is 18.1 Å². The molecule has 25 heavy (non-hydrogen) atoms. The van der Waals surface area contributed by atoms with Gasteiger partial charge in [-0.2, -0.15) is 0 Å². The van der Waals surface area contributed by atoms with Crippen molar-refractivity contribution in [3.05, 3.63) is 34.3 Å². The summed E-state index contributed by atoms with van der Waals surface area (Å²) in [5.74, 6) is -3.36. The number of ether oxygens (including phenoxy) is 2. The zero-order chi connectivity index (χ0) is 18.4. The first kappa shape index (κ1) is 18.0. The largest absolute Gasteiger partial charge is 0.519 e. The summed E-state index contributed by atoms with van der Waals surface area (Å²) in [6, 6.07) is -0.988. The van der Waals surface area contributed by atoms with E-state index in [0.717, 1.165) is 12.2 Å². The van der Waals surface area contributed by atoms with Gasteiger partial charge >= 0.3 is 17.8 Å². The number of nitrogens with one attached hydrogen (secondary N) is 2. The summed E-state index contributed by atoms with van der Waals surface area (Å²) in [7, 11) is 0. The van der Waals surface area contributed by atoms with E-state index in [0.29, 0.717) is 0 Å². The Bertz CT molecular complexity index is 774. The number of hydrogen-bond acceptors (Lipinski definition) is 9. The van der Waals surface area contributed by atoms with Gasteiger partial charge in [-0.15, -0.1) is 0 Å². The van der Waals surface area contributed by atoms with Crippen LogP contribution in [0.15, 0.2) is 25.8 Å². The molecule has 1 aromatic heterocycles. The molecule has 0 saturated carbocycles. The molecule has 11 heteroatoms. The smallest absolute Gasteiger partial charge is 0.460 e. The predicted octanol–water partition coefficient (Wildman–Crippen LogP) is -1.70. The maximum absolute atomic E-state index is 11.5. The monoisotopic (exact) mass is 354 g/mol. The summed E-state index contributed by atoms with van der Waals surface area (Å²) in [5, 5.41) is 4.66. The van der Waals surface area contributed by atoms with Crippen LogP contribution in [0.3, 0.4) is 0 Å². The van der Waals surface area contributed by atoms with Gasteiger partial charge in [0, 0.05) is 12.2 Å². The number of carbonyl (C=O) groups is 4. The molecule has 2 rings (SSSR count). The SMILES string of the molecule is Cc1oc(=O)oc1COC(=O)/C=C/C(=O)OC[C@@H]1NC(=O)CNC1=O. The molecule has 134 valence electrons. The van der Waals surface area contributed by atoms with Gasteiger partial charge in [0.2, 0.25) is 11.8 Å². The topological polar surface area (TPSA) is 154 Å². The van der Waals surface area contributed by atoms with Crippen LogP contribution in [0.25, 0.3) is 0 Å². The van der Waals surface area contributed by atoms with Crippen molar-refractivity contribution in [3.8, 4) is 0 Å². The minimum absolute atomic E-state index is 0.0494. The van der Waals surface area contributed by atoms with Crippen LogP contribution in [-0.4, -0.2) is 42.9 Å². The fourth-order valence-corrected chi connectivity index (χ4v) is 1.76. The summed E-state index contributed by atoms with van der Waals surface area (Å²) in [4.78, 5) is 56.3. The van der Waals surface area contributed by atoms with Crippen LogP contribution < -0.4 is 16.5 Å². The Morgan fingerprint density at radius 3 is 2.48 bits per heavy atom. The van der Waals surface area contributed by atoms with Crippen molar-refractivity contribution in [2.45, 2.75) is 19.6 Å². The normalized spacial score (nSPS) is 17.1. The Morgan fingerprint density at radius 2 is 1.84 bits per heavy atom. The first-order valence-corrected chi connectivity index (χ1v) is 7.03. The molecule has 0 aliphatic carbocycles. The van der Waals surface area contributed by atoms with Gasteiger partial charge in [0.05, 0.1) is 6.54 Å². The average Bonchev–Trinajstić information content (AvgIpc) is 2.89. The molecule has 1 aliphatic heterocycles. The Hall–Kier alpha value is -3.37. The van der Waals surface area contributed by atoms with E-state index in [1.807, 2.05) is 0 Å². The van der Waals surface area contributed by atoms with Crippen LogP contribution in [0.1, 0.15) is 11.5 Å². The molecule has 0 unspecified atom stereocenters. The van der Waals surface area contributed by atoms with Crippen LogP contribution in [0.2, 0.25) is 0 Å². The lowest BCUT2D eigenvalue weighted by molar-refractivity contribution is -0.144. The molecule has 0 aromatic carbocycles. The Labute approximate surface area is 139 Å². The molecule has 1 aliphatic rings. The first-order valence-electron chi connectivity index (χ1n) is 7.03. The van der Waals surface area contributed by atoms with Crippen molar-refractivity contribution >= 4 is 23.8 Å². The van der Waals surface area contributed by atoms with Crippen LogP contribution in [0, 0.1) is 6.92 Å². The molecule has 1 atom stereocenters. The highest BCUT2D eigenvalue weighted by Gasteiger charge is 2.26. The lowest BCUT2D eigenvalue weighted by Gasteiger charge is -2.22. The maximum Gasteiger partial charge on any atom is 0.519 e. The van der Waals surface area contributed by atoms with E-state index in [1.165, 1.54) is 6.92 Å². The second kappa shape index (κ2) is 7.95. The highest BCUT2D eigenvalue weighted by atomic mass is 16.6. The molecule has 2 heterocycles. The summed E-state index contributed by atoms with van der Waals surface area (Å²) in [6.07, 6.45) is 1.60. The molecule has 1 aromatic rings. The van der Waals surface area contributed by atoms with Gasteiger partial charge in [0.25, 0.3) is 0 Å². The number of esters is 2. The van der Waals surface area contributed by atoms with E-state index in [2.05, 4.69) is 19.5 Å². The van der Waals surface area contributed by atoms with E-state index in [-0.39, 0.29) is 31.3 Å². The van der Waals surface area contributed by atoms with Gasteiger partial charge in [-0.05, 0) is 6.92 Å². The maximum atomic E-state index is 11.5. The minimum atomic E-state index is -0.988. The third kappa shape index (κ3) is 5.34. The van der Waals surface area contributed by atoms with E-state index in [9.17, 15) is 24.0 Å². The van der Waals surface area contributed by atoms with Gasteiger partial charge < -0.3 is 28.9 Å². The number of carbonyl (C=O) groups excluding carboxylic acids is 4. The molecule has 1 saturated heterocycles. The van der Waals surface area contributed by atoms with Crippen LogP contribution in [0.5, 0.6) is 0 Å². The number of piperazine rings is 1. The fraction of sp³-hybridized carbons (Fsp3) is 0.357. The van der Waals surface area contributed by atoms with E-state index >= 15 is 0 Å². The van der Waals surface area contributed by atoms with Crippen LogP contribution >= 0.6 is 0 Å². The molecule has 1 fully saturated rings. The van der Waals surface area contributed by atoms with Crippen molar-refractivity contribution in [2.75, 3.05) is 13.2 Å². The molecular formula is C14H14N2O9. The molecular weight excluding hydrogens is 340 g/mol.